The van der Waals surface area contributed by atoms with Crippen LogP contribution in [-0.4, -0.2) is 5.97 Å². The summed E-state index contributed by atoms with van der Waals surface area (Å²) in [4.78, 5) is 38.2. The molecule has 0 saturated heterocycles. The van der Waals surface area contributed by atoms with E-state index in [-0.39, 0.29) is 22.5 Å². The number of benzene rings is 4. The topological polar surface area (TPSA) is 96.0 Å². The molecule has 2 heterocycles. The molecule has 0 N–H and O–H groups in total. The van der Waals surface area contributed by atoms with Crippen molar-refractivity contribution >= 4 is 27.9 Å². The third kappa shape index (κ3) is 5.13. The highest BCUT2D eigenvalue weighted by Gasteiger charge is 2.40. The van der Waals surface area contributed by atoms with Gasteiger partial charge in [-0.05, 0) is 47.5 Å². The van der Waals surface area contributed by atoms with E-state index in [9.17, 15) is 27.6 Å². The van der Waals surface area contributed by atoms with Crippen LogP contribution in [-0.2, 0) is 6.18 Å². The van der Waals surface area contributed by atoms with Crippen molar-refractivity contribution in [1.82, 2.24) is 0 Å². The van der Waals surface area contributed by atoms with E-state index in [1.54, 1.807) is 36.4 Å². The minimum Gasteiger partial charge on any atom is -0.449 e. The normalized spacial score (nSPS) is 11.5. The highest BCUT2D eigenvalue weighted by Crippen LogP contribution is 2.39. The second-order valence-corrected chi connectivity index (χ2v) is 9.11. The van der Waals surface area contributed by atoms with Gasteiger partial charge < -0.3 is 18.3 Å². The van der Waals surface area contributed by atoms with Crippen LogP contribution in [0, 0.1) is 0 Å². The summed E-state index contributed by atoms with van der Waals surface area (Å²) >= 11 is 0. The van der Waals surface area contributed by atoms with Gasteiger partial charge in [-0.2, -0.15) is 13.2 Å². The predicted octanol–water partition coefficient (Wildman–Crippen LogP) is 7.60. The van der Waals surface area contributed by atoms with Gasteiger partial charge in [0, 0.05) is 11.5 Å². The Bertz CT molecular complexity index is 2080. The Labute approximate surface area is 234 Å². The SMILES string of the molecule is O=C(Oc1ccc2c(=O)c(Oc3ccc(-c4ccccc4)cc3)c(C(F)(F)F)oc2c1)c1cc2ccccc2oc1=O. The van der Waals surface area contributed by atoms with Crippen molar-refractivity contribution in [1.29, 1.82) is 0 Å². The van der Waals surface area contributed by atoms with E-state index in [1.807, 2.05) is 30.3 Å². The lowest BCUT2D eigenvalue weighted by Crippen LogP contribution is -2.19. The van der Waals surface area contributed by atoms with Crippen molar-refractivity contribution in [3.05, 3.63) is 135 Å². The summed E-state index contributed by atoms with van der Waals surface area (Å²) in [5.41, 5.74) is -1.01. The quantitative estimate of drug-likeness (QED) is 0.120. The molecule has 7 nitrogen and oxygen atoms in total. The molecule has 6 rings (SSSR count). The molecule has 0 radical (unpaired) electrons. The highest BCUT2D eigenvalue weighted by atomic mass is 19.4. The van der Waals surface area contributed by atoms with Crippen molar-refractivity contribution in [2.24, 2.45) is 0 Å². The van der Waals surface area contributed by atoms with Crippen LogP contribution in [0.2, 0.25) is 0 Å². The van der Waals surface area contributed by atoms with Crippen LogP contribution in [0.5, 0.6) is 17.2 Å². The largest absolute Gasteiger partial charge is 0.453 e. The minimum absolute atomic E-state index is 0.00778. The van der Waals surface area contributed by atoms with Gasteiger partial charge in [-0.1, -0.05) is 60.7 Å². The first-order valence-electron chi connectivity index (χ1n) is 12.4. The Hall–Kier alpha value is -5.64. The van der Waals surface area contributed by atoms with Gasteiger partial charge in [0.05, 0.1) is 5.39 Å². The number of halogens is 3. The number of para-hydroxylation sites is 1. The zero-order valence-corrected chi connectivity index (χ0v) is 21.3. The van der Waals surface area contributed by atoms with Crippen LogP contribution in [0.3, 0.4) is 0 Å². The maximum absolute atomic E-state index is 14.0. The number of carbonyl (C=O) groups excluding carboxylic acids is 1. The summed E-state index contributed by atoms with van der Waals surface area (Å²) in [7, 11) is 0. The number of ether oxygens (including phenoxy) is 2. The zero-order valence-electron chi connectivity index (χ0n) is 21.3. The van der Waals surface area contributed by atoms with Crippen LogP contribution < -0.4 is 20.5 Å². The molecule has 0 atom stereocenters. The van der Waals surface area contributed by atoms with Crippen LogP contribution in [0.15, 0.2) is 122 Å². The molecule has 0 aliphatic carbocycles. The van der Waals surface area contributed by atoms with Crippen LogP contribution >= 0.6 is 0 Å². The molecule has 208 valence electrons. The number of hydrogen-bond donors (Lipinski definition) is 0. The second-order valence-electron chi connectivity index (χ2n) is 9.11. The summed E-state index contributed by atoms with van der Waals surface area (Å²) in [5, 5.41) is 0.217. The molecule has 42 heavy (non-hydrogen) atoms. The third-order valence-electron chi connectivity index (χ3n) is 6.33. The fourth-order valence-corrected chi connectivity index (χ4v) is 4.33. The number of carbonyl (C=O) groups is 1. The molecule has 0 aliphatic heterocycles. The Morgan fingerprint density at radius 3 is 2.10 bits per heavy atom. The van der Waals surface area contributed by atoms with Gasteiger partial charge in [-0.15, -0.1) is 0 Å². The van der Waals surface area contributed by atoms with Crippen LogP contribution in [0.4, 0.5) is 13.2 Å². The molecule has 0 unspecified atom stereocenters. The van der Waals surface area contributed by atoms with E-state index in [0.717, 1.165) is 23.3 Å². The lowest BCUT2D eigenvalue weighted by atomic mass is 10.1. The lowest BCUT2D eigenvalue weighted by molar-refractivity contribution is -0.154. The van der Waals surface area contributed by atoms with Crippen molar-refractivity contribution < 1.29 is 36.3 Å². The molecule has 0 aliphatic rings. The molecule has 2 aromatic heterocycles. The Morgan fingerprint density at radius 1 is 0.690 bits per heavy atom. The van der Waals surface area contributed by atoms with E-state index in [1.165, 1.54) is 24.3 Å². The predicted molar refractivity (Wildman–Crippen MR) is 147 cm³/mol. The number of alkyl halides is 3. The maximum Gasteiger partial charge on any atom is 0.453 e. The summed E-state index contributed by atoms with van der Waals surface area (Å²) in [6.07, 6.45) is -5.09. The van der Waals surface area contributed by atoms with Gasteiger partial charge in [-0.25, -0.2) is 9.59 Å². The molecule has 0 fully saturated rings. The number of fused-ring (bicyclic) bond motifs is 2. The average Bonchev–Trinajstić information content (AvgIpc) is 2.98. The maximum atomic E-state index is 14.0. The first-order valence-corrected chi connectivity index (χ1v) is 12.4. The standard InChI is InChI=1S/C32H17F3O7/c33-32(34,35)29-28(39-21-12-10-19(11-13-21)18-6-2-1-3-7-18)27(36)23-15-14-22(17-26(23)41-29)40-30(37)24-16-20-8-4-5-9-25(20)42-31(24)38/h1-17H. The first-order chi connectivity index (χ1) is 20.2. The smallest absolute Gasteiger partial charge is 0.449 e. The number of esters is 1. The fourth-order valence-electron chi connectivity index (χ4n) is 4.33. The Morgan fingerprint density at radius 2 is 1.36 bits per heavy atom. The molecule has 10 heteroatoms. The van der Waals surface area contributed by atoms with E-state index >= 15 is 0 Å². The Balaban J connectivity index is 1.33. The van der Waals surface area contributed by atoms with Crippen molar-refractivity contribution in [3.63, 3.8) is 0 Å². The first kappa shape index (κ1) is 26.6. The molecule has 0 bridgehead atoms. The van der Waals surface area contributed by atoms with Crippen LogP contribution in [0.1, 0.15) is 16.1 Å². The third-order valence-corrected chi connectivity index (χ3v) is 6.33. The van der Waals surface area contributed by atoms with Crippen molar-refractivity contribution in [2.45, 2.75) is 6.18 Å². The van der Waals surface area contributed by atoms with Gasteiger partial charge in [0.25, 0.3) is 5.76 Å². The molecule has 6 aromatic rings. The second kappa shape index (κ2) is 10.4. The van der Waals surface area contributed by atoms with Gasteiger partial charge in [0.2, 0.25) is 11.2 Å². The number of rotatable bonds is 5. The highest BCUT2D eigenvalue weighted by molar-refractivity contribution is 5.94. The minimum atomic E-state index is -5.09. The van der Waals surface area contributed by atoms with E-state index in [0.29, 0.717) is 5.39 Å². The van der Waals surface area contributed by atoms with Gasteiger partial charge in [-0.3, -0.25) is 4.79 Å². The van der Waals surface area contributed by atoms with E-state index in [2.05, 4.69) is 0 Å². The molecular weight excluding hydrogens is 553 g/mol. The molecule has 0 amide bonds. The summed E-state index contributed by atoms with van der Waals surface area (Å²) in [5.74, 6) is -4.08. The van der Waals surface area contributed by atoms with Gasteiger partial charge in [0.15, 0.2) is 0 Å². The van der Waals surface area contributed by atoms with E-state index < -0.39 is 45.9 Å². The number of hydrogen-bond acceptors (Lipinski definition) is 7. The van der Waals surface area contributed by atoms with Crippen LogP contribution in [0.25, 0.3) is 33.1 Å². The monoisotopic (exact) mass is 570 g/mol. The molecule has 4 aromatic carbocycles. The lowest BCUT2D eigenvalue weighted by Gasteiger charge is -2.14. The van der Waals surface area contributed by atoms with Gasteiger partial charge >= 0.3 is 17.8 Å². The average molecular weight is 570 g/mol. The summed E-state index contributed by atoms with van der Waals surface area (Å²) in [6, 6.07) is 26.5. The van der Waals surface area contributed by atoms with Gasteiger partial charge in [0.1, 0.15) is 28.2 Å². The van der Waals surface area contributed by atoms with Crippen molar-refractivity contribution in [3.8, 4) is 28.4 Å². The fraction of sp³-hybridized carbons (Fsp3) is 0.0312. The molecule has 0 spiro atoms. The van der Waals surface area contributed by atoms with E-state index in [4.69, 9.17) is 18.3 Å². The summed E-state index contributed by atoms with van der Waals surface area (Å²) in [6.45, 7) is 0. The molecular formula is C32H17F3O7. The molecule has 0 saturated carbocycles. The zero-order chi connectivity index (χ0) is 29.4. The van der Waals surface area contributed by atoms with Crippen molar-refractivity contribution in [2.75, 3.05) is 0 Å². The summed E-state index contributed by atoms with van der Waals surface area (Å²) < 4.78 is 62.8. The Kier molecular flexibility index (Phi) is 6.58.